The van der Waals surface area contributed by atoms with E-state index < -0.39 is 0 Å². The summed E-state index contributed by atoms with van der Waals surface area (Å²) in [6, 6.07) is 4.00. The molecule has 0 aliphatic heterocycles. The molecule has 1 N–H and O–H groups in total. The summed E-state index contributed by atoms with van der Waals surface area (Å²) in [4.78, 5) is 14.4. The summed E-state index contributed by atoms with van der Waals surface area (Å²) in [6.07, 6.45) is 0. The van der Waals surface area contributed by atoms with Gasteiger partial charge < -0.3 is 4.98 Å². The molecule has 0 aliphatic rings. The van der Waals surface area contributed by atoms with E-state index in [-0.39, 0.29) is 5.91 Å². The number of hydrogen-bond acceptors (Lipinski definition) is 2. The summed E-state index contributed by atoms with van der Waals surface area (Å²) >= 11 is 5.10. The van der Waals surface area contributed by atoms with Gasteiger partial charge in [-0.05, 0) is 49.3 Å². The van der Waals surface area contributed by atoms with Gasteiger partial charge >= 0.3 is 0 Å². The Kier molecular flexibility index (Phi) is 2.23. The van der Waals surface area contributed by atoms with Crippen LogP contribution in [0, 0.1) is 18.6 Å². The maximum Gasteiger partial charge on any atom is 0.230 e. The number of H-pyrrole nitrogens is 1. The lowest BCUT2D eigenvalue weighted by atomic mass is 10.1. The zero-order valence-corrected chi connectivity index (χ0v) is 9.73. The van der Waals surface area contributed by atoms with Gasteiger partial charge in [-0.25, -0.2) is 0 Å². The standard InChI is InChI=1S/C11H12N2OS/c1-6-4-9-10(5-7(6)2)13(8(3)14)11(15)12-9/h4-5H,1-3H3,(H,12,15). The van der Waals surface area contributed by atoms with Crippen molar-refractivity contribution in [2.75, 3.05) is 0 Å². The van der Waals surface area contributed by atoms with Crippen molar-refractivity contribution in [3.63, 3.8) is 0 Å². The van der Waals surface area contributed by atoms with Crippen molar-refractivity contribution in [1.29, 1.82) is 0 Å². The maximum atomic E-state index is 11.4. The number of nitrogens with zero attached hydrogens (tertiary/aromatic N) is 1. The van der Waals surface area contributed by atoms with Crippen LogP contribution in [0.4, 0.5) is 0 Å². The van der Waals surface area contributed by atoms with Crippen LogP contribution in [0.15, 0.2) is 12.1 Å². The first-order chi connectivity index (χ1) is 7.00. The molecule has 0 spiro atoms. The molecule has 3 nitrogen and oxygen atoms in total. The molecule has 78 valence electrons. The lowest BCUT2D eigenvalue weighted by Crippen LogP contribution is -2.05. The number of carbonyl (C=O) groups is 1. The first-order valence-electron chi connectivity index (χ1n) is 4.73. The molecule has 0 amide bonds. The molecule has 1 heterocycles. The van der Waals surface area contributed by atoms with Gasteiger partial charge in [0.1, 0.15) is 0 Å². The molecule has 0 unspecified atom stereocenters. The normalized spacial score (nSPS) is 10.9. The van der Waals surface area contributed by atoms with Crippen LogP contribution in [0.3, 0.4) is 0 Å². The van der Waals surface area contributed by atoms with E-state index in [1.54, 1.807) is 0 Å². The van der Waals surface area contributed by atoms with E-state index in [2.05, 4.69) is 4.98 Å². The first kappa shape index (κ1) is 10.1. The monoisotopic (exact) mass is 220 g/mol. The Morgan fingerprint density at radius 3 is 2.53 bits per heavy atom. The van der Waals surface area contributed by atoms with E-state index >= 15 is 0 Å². The number of aryl methyl sites for hydroxylation is 2. The van der Waals surface area contributed by atoms with E-state index in [1.165, 1.54) is 17.1 Å². The molecule has 0 aliphatic carbocycles. The van der Waals surface area contributed by atoms with Crippen LogP contribution in [-0.4, -0.2) is 15.5 Å². The molecule has 0 saturated carbocycles. The molecule has 15 heavy (non-hydrogen) atoms. The Balaban J connectivity index is 2.94. The average molecular weight is 220 g/mol. The van der Waals surface area contributed by atoms with Gasteiger partial charge in [0.05, 0.1) is 11.0 Å². The number of aromatic amines is 1. The smallest absolute Gasteiger partial charge is 0.230 e. The molecule has 0 radical (unpaired) electrons. The summed E-state index contributed by atoms with van der Waals surface area (Å²) in [7, 11) is 0. The highest BCUT2D eigenvalue weighted by Gasteiger charge is 2.08. The molecule has 1 aromatic heterocycles. The van der Waals surface area contributed by atoms with Crippen molar-refractivity contribution in [3.8, 4) is 0 Å². The fraction of sp³-hybridized carbons (Fsp3) is 0.273. The van der Waals surface area contributed by atoms with Crippen molar-refractivity contribution < 1.29 is 4.79 Å². The van der Waals surface area contributed by atoms with Gasteiger partial charge in [-0.2, -0.15) is 0 Å². The molecule has 2 aromatic rings. The predicted molar refractivity (Wildman–Crippen MR) is 62.9 cm³/mol. The zero-order chi connectivity index (χ0) is 11.2. The highest BCUT2D eigenvalue weighted by molar-refractivity contribution is 7.71. The highest BCUT2D eigenvalue weighted by Crippen LogP contribution is 2.19. The summed E-state index contributed by atoms with van der Waals surface area (Å²) in [5.74, 6) is -0.0606. The minimum absolute atomic E-state index is 0.0606. The lowest BCUT2D eigenvalue weighted by molar-refractivity contribution is 0.0939. The molecule has 0 bridgehead atoms. The second-order valence-corrected chi connectivity index (χ2v) is 4.12. The molecular weight excluding hydrogens is 208 g/mol. The number of benzene rings is 1. The molecule has 1 aromatic carbocycles. The zero-order valence-electron chi connectivity index (χ0n) is 8.92. The number of imidazole rings is 1. The third-order valence-electron chi connectivity index (χ3n) is 2.61. The van der Waals surface area contributed by atoms with Crippen LogP contribution in [0.1, 0.15) is 22.8 Å². The van der Waals surface area contributed by atoms with E-state index in [4.69, 9.17) is 12.2 Å². The van der Waals surface area contributed by atoms with Gasteiger partial charge in [-0.15, -0.1) is 0 Å². The second kappa shape index (κ2) is 3.31. The number of fused-ring (bicyclic) bond motifs is 1. The number of rotatable bonds is 0. The van der Waals surface area contributed by atoms with Crippen LogP contribution in [0.25, 0.3) is 11.0 Å². The predicted octanol–water partition coefficient (Wildman–Crippen LogP) is 2.98. The second-order valence-electron chi connectivity index (χ2n) is 3.74. The topological polar surface area (TPSA) is 37.8 Å². The number of carbonyl (C=O) groups excluding carboxylic acids is 1. The van der Waals surface area contributed by atoms with Gasteiger partial charge in [0, 0.05) is 6.92 Å². The van der Waals surface area contributed by atoms with E-state index in [0.29, 0.717) is 4.77 Å². The van der Waals surface area contributed by atoms with Crippen LogP contribution >= 0.6 is 12.2 Å². The van der Waals surface area contributed by atoms with Crippen molar-refractivity contribution in [1.82, 2.24) is 9.55 Å². The quantitative estimate of drug-likeness (QED) is 0.693. The summed E-state index contributed by atoms with van der Waals surface area (Å²) in [5, 5.41) is 0. The molecular formula is C11H12N2OS. The molecule has 0 saturated heterocycles. The van der Waals surface area contributed by atoms with Gasteiger partial charge in [-0.1, -0.05) is 0 Å². The SMILES string of the molecule is CC(=O)n1c(=S)[nH]c2cc(C)c(C)cc21. The van der Waals surface area contributed by atoms with Gasteiger partial charge in [0.2, 0.25) is 5.91 Å². The third-order valence-corrected chi connectivity index (χ3v) is 2.90. The molecule has 4 heteroatoms. The third kappa shape index (κ3) is 1.51. The highest BCUT2D eigenvalue weighted by atomic mass is 32.1. The molecule has 0 atom stereocenters. The number of aromatic nitrogens is 2. The maximum absolute atomic E-state index is 11.4. The Bertz CT molecular complexity index is 607. The van der Waals surface area contributed by atoms with Crippen molar-refractivity contribution in [3.05, 3.63) is 28.0 Å². The number of hydrogen-bond donors (Lipinski definition) is 1. The Morgan fingerprint density at radius 2 is 1.93 bits per heavy atom. The largest absolute Gasteiger partial charge is 0.330 e. The Labute approximate surface area is 92.7 Å². The minimum Gasteiger partial charge on any atom is -0.330 e. The lowest BCUT2D eigenvalue weighted by Gasteiger charge is -2.01. The van der Waals surface area contributed by atoms with Crippen molar-refractivity contribution >= 4 is 29.2 Å². The van der Waals surface area contributed by atoms with Gasteiger partial charge in [0.15, 0.2) is 4.77 Å². The summed E-state index contributed by atoms with van der Waals surface area (Å²) < 4.78 is 1.99. The number of nitrogens with one attached hydrogen (secondary N) is 1. The molecule has 0 fully saturated rings. The molecule has 2 rings (SSSR count). The van der Waals surface area contributed by atoms with Gasteiger partial charge in [-0.3, -0.25) is 9.36 Å². The van der Waals surface area contributed by atoms with Crippen LogP contribution in [-0.2, 0) is 0 Å². The Morgan fingerprint density at radius 1 is 1.33 bits per heavy atom. The van der Waals surface area contributed by atoms with E-state index in [1.807, 2.05) is 26.0 Å². The Hall–Kier alpha value is -1.42. The fourth-order valence-corrected chi connectivity index (χ4v) is 2.02. The fourth-order valence-electron chi connectivity index (χ4n) is 1.68. The minimum atomic E-state index is -0.0606. The van der Waals surface area contributed by atoms with Crippen LogP contribution in [0.5, 0.6) is 0 Å². The van der Waals surface area contributed by atoms with Crippen molar-refractivity contribution in [2.45, 2.75) is 20.8 Å². The van der Waals surface area contributed by atoms with E-state index in [0.717, 1.165) is 16.6 Å². The van der Waals surface area contributed by atoms with Crippen LogP contribution < -0.4 is 0 Å². The van der Waals surface area contributed by atoms with Crippen molar-refractivity contribution in [2.24, 2.45) is 0 Å². The summed E-state index contributed by atoms with van der Waals surface area (Å²) in [5.41, 5.74) is 4.12. The van der Waals surface area contributed by atoms with Crippen LogP contribution in [0.2, 0.25) is 0 Å². The summed E-state index contributed by atoms with van der Waals surface area (Å²) in [6.45, 7) is 5.57. The van der Waals surface area contributed by atoms with Gasteiger partial charge in [0.25, 0.3) is 0 Å². The van der Waals surface area contributed by atoms with E-state index in [9.17, 15) is 4.79 Å². The average Bonchev–Trinajstić information content (AvgIpc) is 2.41. The first-order valence-corrected chi connectivity index (χ1v) is 5.14.